The van der Waals surface area contributed by atoms with Crippen LogP contribution in [0, 0.1) is 5.92 Å². The molecule has 1 fully saturated rings. The maximum absolute atomic E-state index is 12.9. The highest BCUT2D eigenvalue weighted by atomic mass is 32.2. The van der Waals surface area contributed by atoms with E-state index in [2.05, 4.69) is 34.7 Å². The van der Waals surface area contributed by atoms with Gasteiger partial charge in [0.05, 0.1) is 12.7 Å². The maximum atomic E-state index is 12.9. The molecular weight excluding hydrogens is 456 g/mol. The highest BCUT2D eigenvalue weighted by Gasteiger charge is 2.32. The van der Waals surface area contributed by atoms with E-state index in [-0.39, 0.29) is 11.8 Å². The summed E-state index contributed by atoms with van der Waals surface area (Å²) in [7, 11) is -3.47. The monoisotopic (exact) mass is 480 g/mol. The van der Waals surface area contributed by atoms with E-state index in [4.69, 9.17) is 0 Å². The molecule has 4 aromatic rings. The third-order valence-electron chi connectivity index (χ3n) is 6.08. The quantitative estimate of drug-likeness (QED) is 0.449. The number of thiophene rings is 1. The summed E-state index contributed by atoms with van der Waals surface area (Å²) in [6.07, 6.45) is 2.67. The summed E-state index contributed by atoms with van der Waals surface area (Å²) in [5.41, 5.74) is 1.12. The van der Waals surface area contributed by atoms with Crippen molar-refractivity contribution in [3.63, 3.8) is 0 Å². The van der Waals surface area contributed by atoms with E-state index in [9.17, 15) is 13.2 Å². The first kappa shape index (κ1) is 21.8. The molecule has 1 amide bonds. The summed E-state index contributed by atoms with van der Waals surface area (Å²) < 4.78 is 29.1. The zero-order valence-electron chi connectivity index (χ0n) is 17.9. The smallest absolute Gasteiger partial charge is 0.252 e. The molecule has 3 heterocycles. The van der Waals surface area contributed by atoms with Crippen LogP contribution < -0.4 is 5.32 Å². The number of carbonyl (C=O) groups excluding carboxylic acids is 1. The maximum Gasteiger partial charge on any atom is 0.252 e. The fraction of sp³-hybridized carbons (Fsp3) is 0.250. The Balaban J connectivity index is 1.24. The normalized spacial score (nSPS) is 15.6. The number of sulfonamides is 1. The summed E-state index contributed by atoms with van der Waals surface area (Å²) in [4.78, 5) is 12.9. The van der Waals surface area contributed by atoms with Crippen molar-refractivity contribution in [2.45, 2.75) is 23.6 Å². The van der Waals surface area contributed by atoms with E-state index in [1.54, 1.807) is 34.5 Å². The second-order valence-electron chi connectivity index (χ2n) is 8.11. The molecule has 7 nitrogen and oxygen atoms in total. The lowest BCUT2D eigenvalue weighted by Crippen LogP contribution is -2.41. The van der Waals surface area contributed by atoms with E-state index in [1.807, 2.05) is 18.2 Å². The number of hydrogen-bond acceptors (Lipinski definition) is 5. The molecule has 33 heavy (non-hydrogen) atoms. The summed E-state index contributed by atoms with van der Waals surface area (Å²) >= 11 is 1.22. The molecule has 0 spiro atoms. The van der Waals surface area contributed by atoms with E-state index in [0.29, 0.717) is 42.5 Å². The topological polar surface area (TPSA) is 84.3 Å². The van der Waals surface area contributed by atoms with Crippen LogP contribution >= 0.6 is 11.3 Å². The van der Waals surface area contributed by atoms with Crippen molar-refractivity contribution in [2.75, 3.05) is 18.4 Å². The molecule has 1 aliphatic heterocycles. The minimum absolute atomic E-state index is 0.0946. The van der Waals surface area contributed by atoms with E-state index in [1.165, 1.54) is 15.6 Å². The fourth-order valence-corrected chi connectivity index (χ4v) is 6.89. The molecule has 170 valence electrons. The molecular formula is C24H24N4O3S2. The zero-order chi connectivity index (χ0) is 22.8. The van der Waals surface area contributed by atoms with Gasteiger partial charge in [0.2, 0.25) is 5.91 Å². The number of carbonyl (C=O) groups is 1. The minimum atomic E-state index is -3.47. The van der Waals surface area contributed by atoms with Gasteiger partial charge < -0.3 is 5.32 Å². The first-order valence-electron chi connectivity index (χ1n) is 10.9. The van der Waals surface area contributed by atoms with Gasteiger partial charge in [-0.1, -0.05) is 48.5 Å². The van der Waals surface area contributed by atoms with Crippen LogP contribution in [0.25, 0.3) is 10.8 Å². The lowest BCUT2D eigenvalue weighted by molar-refractivity contribution is -0.121. The number of hydrogen-bond donors (Lipinski definition) is 1. The standard InChI is InChI=1S/C24H24N4O3S2/c29-24(19-11-14-27(15-12-19)33(30,31)23-9-4-16-32-23)26-22-10-13-25-28(22)17-20-7-3-6-18-5-1-2-8-21(18)20/h1-10,13,16,19H,11-12,14-15,17H2,(H,26,29). The number of nitrogens with one attached hydrogen (secondary N) is 1. The molecule has 0 atom stereocenters. The molecule has 0 radical (unpaired) electrons. The largest absolute Gasteiger partial charge is 0.311 e. The number of amides is 1. The third kappa shape index (κ3) is 4.44. The van der Waals surface area contributed by atoms with Crippen LogP contribution in [0.4, 0.5) is 5.82 Å². The highest BCUT2D eigenvalue weighted by Crippen LogP contribution is 2.27. The number of fused-ring (bicyclic) bond motifs is 1. The van der Waals surface area contributed by atoms with Gasteiger partial charge in [-0.05, 0) is 40.6 Å². The highest BCUT2D eigenvalue weighted by molar-refractivity contribution is 7.91. The predicted octanol–water partition coefficient (Wildman–Crippen LogP) is 4.19. The van der Waals surface area contributed by atoms with Crippen molar-refractivity contribution >= 4 is 43.9 Å². The van der Waals surface area contributed by atoms with Gasteiger partial charge in [0.25, 0.3) is 10.0 Å². The average molecular weight is 481 g/mol. The SMILES string of the molecule is O=C(Nc1ccnn1Cc1cccc2ccccc12)C1CCN(S(=O)(=O)c2cccs2)CC1. The Morgan fingerprint density at radius 1 is 1.03 bits per heavy atom. The van der Waals surface area contributed by atoms with Gasteiger partial charge in [-0.25, -0.2) is 13.1 Å². The number of rotatable bonds is 6. The van der Waals surface area contributed by atoms with Crippen molar-refractivity contribution < 1.29 is 13.2 Å². The molecule has 9 heteroatoms. The summed E-state index contributed by atoms with van der Waals surface area (Å²) in [5.74, 6) is 0.310. The summed E-state index contributed by atoms with van der Waals surface area (Å²) in [6.45, 7) is 1.22. The van der Waals surface area contributed by atoms with E-state index < -0.39 is 10.0 Å². The number of benzene rings is 2. The Hall–Kier alpha value is -3.01. The second-order valence-corrected chi connectivity index (χ2v) is 11.2. The Morgan fingerprint density at radius 2 is 1.82 bits per heavy atom. The molecule has 0 unspecified atom stereocenters. The Labute approximate surface area is 196 Å². The van der Waals surface area contributed by atoms with Gasteiger partial charge in [0.15, 0.2) is 0 Å². The van der Waals surface area contributed by atoms with Crippen molar-refractivity contribution in [1.29, 1.82) is 0 Å². The molecule has 0 saturated carbocycles. The van der Waals surface area contributed by atoms with Crippen LogP contribution in [-0.2, 0) is 21.4 Å². The average Bonchev–Trinajstić information content (AvgIpc) is 3.53. The van der Waals surface area contributed by atoms with E-state index in [0.717, 1.165) is 16.3 Å². The second kappa shape index (κ2) is 9.09. The Bertz CT molecular complexity index is 1370. The molecule has 0 bridgehead atoms. The molecule has 2 aromatic heterocycles. The first-order chi connectivity index (χ1) is 16.0. The zero-order valence-corrected chi connectivity index (χ0v) is 19.6. The first-order valence-corrected chi connectivity index (χ1v) is 13.2. The molecule has 1 N–H and O–H groups in total. The van der Waals surface area contributed by atoms with Crippen LogP contribution in [0.3, 0.4) is 0 Å². The lowest BCUT2D eigenvalue weighted by atomic mass is 9.97. The fourth-order valence-electron chi connectivity index (χ4n) is 4.28. The van der Waals surface area contributed by atoms with Crippen LogP contribution in [0.15, 0.2) is 76.4 Å². The number of piperidine rings is 1. The van der Waals surface area contributed by atoms with Gasteiger partial charge in [0, 0.05) is 25.1 Å². The van der Waals surface area contributed by atoms with Crippen LogP contribution in [-0.4, -0.2) is 41.5 Å². The molecule has 1 aliphatic rings. The lowest BCUT2D eigenvalue weighted by Gasteiger charge is -2.30. The van der Waals surface area contributed by atoms with Crippen LogP contribution in [0.2, 0.25) is 0 Å². The van der Waals surface area contributed by atoms with Gasteiger partial charge in [-0.2, -0.15) is 9.40 Å². The van der Waals surface area contributed by atoms with Crippen molar-refractivity contribution in [3.8, 4) is 0 Å². The molecule has 2 aromatic carbocycles. The van der Waals surface area contributed by atoms with Crippen molar-refractivity contribution in [1.82, 2.24) is 14.1 Å². The van der Waals surface area contributed by atoms with Crippen molar-refractivity contribution in [2.24, 2.45) is 5.92 Å². The molecule has 1 saturated heterocycles. The van der Waals surface area contributed by atoms with Gasteiger partial charge in [0.1, 0.15) is 10.0 Å². The predicted molar refractivity (Wildman–Crippen MR) is 130 cm³/mol. The minimum Gasteiger partial charge on any atom is -0.311 e. The molecule has 5 rings (SSSR count). The Kier molecular flexibility index (Phi) is 6.01. The van der Waals surface area contributed by atoms with Gasteiger partial charge >= 0.3 is 0 Å². The number of aromatic nitrogens is 2. The summed E-state index contributed by atoms with van der Waals surface area (Å²) in [6, 6.07) is 19.5. The number of nitrogens with zero attached hydrogens (tertiary/aromatic N) is 3. The van der Waals surface area contributed by atoms with Gasteiger partial charge in [-0.15, -0.1) is 11.3 Å². The van der Waals surface area contributed by atoms with Crippen LogP contribution in [0.1, 0.15) is 18.4 Å². The molecule has 0 aliphatic carbocycles. The summed E-state index contributed by atoms with van der Waals surface area (Å²) in [5, 5.41) is 11.5. The van der Waals surface area contributed by atoms with Gasteiger partial charge in [-0.3, -0.25) is 4.79 Å². The number of anilines is 1. The van der Waals surface area contributed by atoms with E-state index >= 15 is 0 Å². The Morgan fingerprint density at radius 3 is 2.61 bits per heavy atom. The van der Waals surface area contributed by atoms with Crippen LogP contribution in [0.5, 0.6) is 0 Å². The third-order valence-corrected chi connectivity index (χ3v) is 9.35. The van der Waals surface area contributed by atoms with Crippen molar-refractivity contribution in [3.05, 3.63) is 77.8 Å².